The molecular formula is C16H27NO2. The summed E-state index contributed by atoms with van der Waals surface area (Å²) in [7, 11) is 1.74. The zero-order chi connectivity index (χ0) is 14.1. The van der Waals surface area contributed by atoms with Gasteiger partial charge in [-0.2, -0.15) is 0 Å². The highest BCUT2D eigenvalue weighted by molar-refractivity contribution is 5.30. The molecule has 19 heavy (non-hydrogen) atoms. The van der Waals surface area contributed by atoms with Crippen molar-refractivity contribution in [3.05, 3.63) is 29.8 Å². The first-order valence-electron chi connectivity index (χ1n) is 7.16. The Balaban J connectivity index is 2.50. The van der Waals surface area contributed by atoms with Crippen molar-refractivity contribution in [2.24, 2.45) is 0 Å². The van der Waals surface area contributed by atoms with Crippen LogP contribution in [0.5, 0.6) is 5.75 Å². The van der Waals surface area contributed by atoms with Crippen molar-refractivity contribution < 1.29 is 9.47 Å². The molecule has 2 atom stereocenters. The molecule has 1 rings (SSSR count). The second-order valence-electron chi connectivity index (χ2n) is 4.93. The lowest BCUT2D eigenvalue weighted by atomic mass is 10.1. The van der Waals surface area contributed by atoms with Crippen LogP contribution in [0.1, 0.15) is 45.2 Å². The maximum Gasteiger partial charge on any atom is 0.120 e. The van der Waals surface area contributed by atoms with Crippen molar-refractivity contribution in [3.8, 4) is 5.75 Å². The molecule has 0 aliphatic carbocycles. The van der Waals surface area contributed by atoms with Crippen LogP contribution >= 0.6 is 0 Å². The van der Waals surface area contributed by atoms with E-state index in [9.17, 15) is 0 Å². The number of hydrogen-bond donors (Lipinski definition) is 1. The molecule has 0 saturated heterocycles. The molecule has 0 radical (unpaired) electrons. The summed E-state index contributed by atoms with van der Waals surface area (Å²) < 4.78 is 10.9. The fraction of sp³-hybridized carbons (Fsp3) is 0.625. The van der Waals surface area contributed by atoms with Crippen LogP contribution in [-0.2, 0) is 4.74 Å². The van der Waals surface area contributed by atoms with Crippen molar-refractivity contribution in [2.75, 3.05) is 20.3 Å². The molecular weight excluding hydrogens is 238 g/mol. The molecule has 0 amide bonds. The maximum absolute atomic E-state index is 5.85. The number of ether oxygens (including phenoxy) is 2. The average Bonchev–Trinajstić information content (AvgIpc) is 2.43. The van der Waals surface area contributed by atoms with E-state index in [0.717, 1.165) is 31.7 Å². The van der Waals surface area contributed by atoms with Crippen molar-refractivity contribution >= 4 is 0 Å². The van der Waals surface area contributed by atoms with Crippen LogP contribution in [-0.4, -0.2) is 26.4 Å². The standard InChI is InChI=1S/C16H27NO2/c1-5-13(2)19-16-9-6-8-15(12-16)14(3)17-10-7-11-18-4/h6,8-9,12-14,17H,5,7,10-11H2,1-4H3/t13-,14-/m1/s1. The zero-order valence-corrected chi connectivity index (χ0v) is 12.6. The first-order valence-corrected chi connectivity index (χ1v) is 7.16. The summed E-state index contributed by atoms with van der Waals surface area (Å²) in [6.07, 6.45) is 2.32. The van der Waals surface area contributed by atoms with Gasteiger partial charge in [-0.1, -0.05) is 19.1 Å². The molecule has 0 aliphatic rings. The average molecular weight is 265 g/mol. The molecule has 108 valence electrons. The Labute approximate surface area is 117 Å². The largest absolute Gasteiger partial charge is 0.491 e. The number of nitrogens with one attached hydrogen (secondary N) is 1. The molecule has 0 unspecified atom stereocenters. The minimum absolute atomic E-state index is 0.264. The normalized spacial score (nSPS) is 14.1. The quantitative estimate of drug-likeness (QED) is 0.693. The molecule has 0 bridgehead atoms. The van der Waals surface area contributed by atoms with Gasteiger partial charge in [0.2, 0.25) is 0 Å². The van der Waals surface area contributed by atoms with E-state index in [0.29, 0.717) is 6.04 Å². The van der Waals surface area contributed by atoms with Crippen molar-refractivity contribution in [1.82, 2.24) is 5.32 Å². The van der Waals surface area contributed by atoms with Crippen LogP contribution in [0, 0.1) is 0 Å². The number of benzene rings is 1. The van der Waals surface area contributed by atoms with Gasteiger partial charge >= 0.3 is 0 Å². The van der Waals surface area contributed by atoms with E-state index in [4.69, 9.17) is 9.47 Å². The molecule has 0 aliphatic heterocycles. The third-order valence-electron chi connectivity index (χ3n) is 3.25. The molecule has 0 saturated carbocycles. The summed E-state index contributed by atoms with van der Waals surface area (Å²) in [4.78, 5) is 0. The fourth-order valence-corrected chi connectivity index (χ4v) is 1.83. The summed E-state index contributed by atoms with van der Waals surface area (Å²) in [6, 6.07) is 8.67. The zero-order valence-electron chi connectivity index (χ0n) is 12.6. The van der Waals surface area contributed by atoms with Crippen molar-refractivity contribution in [1.29, 1.82) is 0 Å². The third kappa shape index (κ3) is 6.08. The van der Waals surface area contributed by atoms with Gasteiger partial charge in [-0.3, -0.25) is 0 Å². The van der Waals surface area contributed by atoms with Crippen LogP contribution in [0.25, 0.3) is 0 Å². The van der Waals surface area contributed by atoms with E-state index >= 15 is 0 Å². The van der Waals surface area contributed by atoms with E-state index in [2.05, 4.69) is 44.3 Å². The van der Waals surface area contributed by atoms with Gasteiger partial charge in [-0.15, -0.1) is 0 Å². The first kappa shape index (κ1) is 16.0. The first-order chi connectivity index (χ1) is 9.17. The number of methoxy groups -OCH3 is 1. The van der Waals surface area contributed by atoms with Crippen LogP contribution < -0.4 is 10.1 Å². The van der Waals surface area contributed by atoms with Crippen LogP contribution in [0.15, 0.2) is 24.3 Å². The molecule has 3 heteroatoms. The molecule has 0 spiro atoms. The molecule has 1 N–H and O–H groups in total. The van der Waals surface area contributed by atoms with Gasteiger partial charge in [-0.05, 0) is 50.9 Å². The second-order valence-corrected chi connectivity index (χ2v) is 4.93. The fourth-order valence-electron chi connectivity index (χ4n) is 1.83. The van der Waals surface area contributed by atoms with Crippen molar-refractivity contribution in [3.63, 3.8) is 0 Å². The lowest BCUT2D eigenvalue weighted by Gasteiger charge is -2.17. The van der Waals surface area contributed by atoms with E-state index < -0.39 is 0 Å². The minimum Gasteiger partial charge on any atom is -0.491 e. The summed E-state index contributed by atoms with van der Waals surface area (Å²) in [5, 5.41) is 3.49. The molecule has 0 fully saturated rings. The van der Waals surface area contributed by atoms with Gasteiger partial charge in [0.1, 0.15) is 5.75 Å². The van der Waals surface area contributed by atoms with Gasteiger partial charge in [-0.25, -0.2) is 0 Å². The summed E-state index contributed by atoms with van der Waals surface area (Å²) in [6.45, 7) is 8.17. The SMILES string of the molecule is CC[C@@H](C)Oc1cccc([C@@H](C)NCCCOC)c1. The van der Waals surface area contributed by atoms with Gasteiger partial charge in [0.05, 0.1) is 6.10 Å². The lowest BCUT2D eigenvalue weighted by Crippen LogP contribution is -2.21. The lowest BCUT2D eigenvalue weighted by molar-refractivity contribution is 0.193. The predicted octanol–water partition coefficient (Wildman–Crippen LogP) is 3.55. The van der Waals surface area contributed by atoms with Crippen LogP contribution in [0.2, 0.25) is 0 Å². The Bertz CT molecular complexity index is 354. The Morgan fingerprint density at radius 1 is 1.26 bits per heavy atom. The molecule has 1 aromatic rings. The highest BCUT2D eigenvalue weighted by Crippen LogP contribution is 2.20. The van der Waals surface area contributed by atoms with Crippen LogP contribution in [0.4, 0.5) is 0 Å². The van der Waals surface area contributed by atoms with Gasteiger partial charge in [0, 0.05) is 19.8 Å². The summed E-state index contributed by atoms with van der Waals surface area (Å²) in [5.41, 5.74) is 1.26. The Hall–Kier alpha value is -1.06. The topological polar surface area (TPSA) is 30.5 Å². The summed E-state index contributed by atoms with van der Waals surface area (Å²) >= 11 is 0. The predicted molar refractivity (Wildman–Crippen MR) is 79.7 cm³/mol. The van der Waals surface area contributed by atoms with Crippen molar-refractivity contribution in [2.45, 2.75) is 45.8 Å². The van der Waals surface area contributed by atoms with E-state index in [1.165, 1.54) is 5.56 Å². The van der Waals surface area contributed by atoms with Gasteiger partial charge in [0.25, 0.3) is 0 Å². The minimum atomic E-state index is 0.264. The van der Waals surface area contributed by atoms with Gasteiger partial charge in [0.15, 0.2) is 0 Å². The highest BCUT2D eigenvalue weighted by Gasteiger charge is 2.07. The highest BCUT2D eigenvalue weighted by atomic mass is 16.5. The summed E-state index contributed by atoms with van der Waals surface area (Å²) in [5.74, 6) is 0.956. The smallest absolute Gasteiger partial charge is 0.120 e. The Kier molecular flexibility index (Phi) is 7.53. The Morgan fingerprint density at radius 2 is 2.05 bits per heavy atom. The molecule has 0 aromatic heterocycles. The number of hydrogen-bond acceptors (Lipinski definition) is 3. The third-order valence-corrected chi connectivity index (χ3v) is 3.25. The maximum atomic E-state index is 5.85. The van der Waals surface area contributed by atoms with E-state index in [-0.39, 0.29) is 6.10 Å². The van der Waals surface area contributed by atoms with E-state index in [1.54, 1.807) is 7.11 Å². The molecule has 1 aromatic carbocycles. The Morgan fingerprint density at radius 3 is 2.74 bits per heavy atom. The van der Waals surface area contributed by atoms with Crippen LogP contribution in [0.3, 0.4) is 0 Å². The molecule has 0 heterocycles. The number of rotatable bonds is 9. The monoisotopic (exact) mass is 265 g/mol. The second kappa shape index (κ2) is 8.94. The van der Waals surface area contributed by atoms with Gasteiger partial charge < -0.3 is 14.8 Å². The molecule has 3 nitrogen and oxygen atoms in total. The van der Waals surface area contributed by atoms with E-state index in [1.807, 2.05) is 6.07 Å².